The van der Waals surface area contributed by atoms with Crippen LogP contribution in [-0.4, -0.2) is 0 Å². The lowest BCUT2D eigenvalue weighted by Gasteiger charge is -2.17. The number of rotatable bonds is 2. The van der Waals surface area contributed by atoms with Crippen molar-refractivity contribution < 1.29 is 26.7 Å². The molecule has 0 spiro atoms. The van der Waals surface area contributed by atoms with Gasteiger partial charge in [-0.15, -0.1) is 0 Å². The third-order valence-electron chi connectivity index (χ3n) is 6.47. The van der Waals surface area contributed by atoms with E-state index in [-0.39, 0.29) is 32.7 Å². The monoisotopic (exact) mass is 473 g/mol. The third-order valence-corrected chi connectivity index (χ3v) is 6.47. The van der Waals surface area contributed by atoms with Gasteiger partial charge in [-0.3, -0.25) is 0 Å². The van der Waals surface area contributed by atoms with Crippen LogP contribution in [0.4, 0.5) is 0 Å². The minimum absolute atomic E-state index is 0.0330. The molecule has 0 aliphatic carbocycles. The van der Waals surface area contributed by atoms with Gasteiger partial charge in [-0.2, -0.15) is 0 Å². The van der Waals surface area contributed by atoms with Crippen molar-refractivity contribution in [2.45, 2.75) is 0 Å². The first-order valence-electron chi connectivity index (χ1n) is 17.6. The number of hydrogen-bond donors (Lipinski definition) is 0. The normalized spacial score (nSPS) is 16.9. The molecule has 0 atom stereocenters. The smallest absolute Gasteiger partial charge is 0.178 e. The molecule has 0 aliphatic rings. The van der Waals surface area contributed by atoms with Crippen LogP contribution in [0.3, 0.4) is 0 Å². The van der Waals surface area contributed by atoms with Gasteiger partial charge >= 0.3 is 0 Å². The van der Waals surface area contributed by atoms with E-state index in [1.165, 1.54) is 0 Å². The van der Waals surface area contributed by atoms with E-state index in [2.05, 4.69) is 0 Å². The van der Waals surface area contributed by atoms with Gasteiger partial charge in [0.1, 0.15) is 5.58 Å². The van der Waals surface area contributed by atoms with E-state index in [1.807, 2.05) is 12.1 Å². The fourth-order valence-electron chi connectivity index (χ4n) is 4.95. The molecule has 0 N–H and O–H groups in total. The Hall–Kier alpha value is -4.82. The highest BCUT2D eigenvalue weighted by Gasteiger charge is 2.18. The van der Waals surface area contributed by atoms with E-state index in [0.717, 1.165) is 10.8 Å². The van der Waals surface area contributed by atoms with E-state index >= 15 is 0 Å². The van der Waals surface area contributed by atoms with E-state index < -0.39 is 84.1 Å². The molecule has 0 amide bonds. The van der Waals surface area contributed by atoms with Crippen molar-refractivity contribution in [3.05, 3.63) is 121 Å². The first-order valence-corrected chi connectivity index (χ1v) is 11.1. The summed E-state index contributed by atoms with van der Waals surface area (Å²) < 4.78 is 125. The van der Waals surface area contributed by atoms with Crippen molar-refractivity contribution in [3.8, 4) is 22.3 Å². The van der Waals surface area contributed by atoms with E-state index in [0.29, 0.717) is 27.7 Å². The van der Waals surface area contributed by atoms with Crippen molar-refractivity contribution in [1.82, 2.24) is 0 Å². The van der Waals surface area contributed by atoms with Gasteiger partial charge in [0.2, 0.25) is 0 Å². The molecule has 6 aromatic carbocycles. The quantitative estimate of drug-likeness (QED) is 0.233. The maximum Gasteiger partial charge on any atom is 0.178 e. The fraction of sp³-hybridized carbons (Fsp3) is 0. The van der Waals surface area contributed by atoms with Gasteiger partial charge in [-0.05, 0) is 68.1 Å². The van der Waals surface area contributed by atoms with Gasteiger partial charge in [0.15, 0.2) is 11.2 Å². The van der Waals surface area contributed by atoms with Crippen LogP contribution in [0.15, 0.2) is 130 Å². The second kappa shape index (κ2) is 7.34. The van der Waals surface area contributed by atoms with Crippen LogP contribution in [-0.2, 0) is 0 Å². The van der Waals surface area contributed by atoms with Crippen LogP contribution < -0.4 is 0 Å². The van der Waals surface area contributed by atoms with E-state index in [9.17, 15) is 0 Å². The molecule has 2 aromatic heterocycles. The second-order valence-electron chi connectivity index (χ2n) is 8.34. The van der Waals surface area contributed by atoms with Gasteiger partial charge in [-0.1, -0.05) is 90.7 Å². The highest BCUT2D eigenvalue weighted by atomic mass is 16.4. The summed E-state index contributed by atoms with van der Waals surface area (Å²) >= 11 is 0. The van der Waals surface area contributed by atoms with Crippen LogP contribution in [0.5, 0.6) is 0 Å². The van der Waals surface area contributed by atoms with Crippen LogP contribution in [0.25, 0.3) is 76.7 Å². The number of hydrogen-bond acceptors (Lipinski definition) is 2. The summed E-state index contributed by atoms with van der Waals surface area (Å²) in [7, 11) is 0. The molecule has 0 bridgehead atoms. The molecule has 0 aliphatic heterocycles. The highest BCUT2D eigenvalue weighted by molar-refractivity contribution is 6.22. The Kier molecular flexibility index (Phi) is 2.21. The minimum Gasteiger partial charge on any atom is -0.460 e. The summed E-state index contributed by atoms with van der Waals surface area (Å²) in [5.41, 5.74) is 0.911. The van der Waals surface area contributed by atoms with Crippen molar-refractivity contribution in [1.29, 1.82) is 0 Å². The Morgan fingerprint density at radius 1 is 0.500 bits per heavy atom. The standard InChI is InChI=1S/C34H20O2/c1-2-8-21(9-3-1)31-25-10-4-6-12-27(25)32(28-13-7-5-11-26(28)31)23-15-16-24-29-17-14-22-18-19-35-33(22)34(29)36-30(24)20-23/h1-20H/i1D,2D,3D,4D,5D,6D,7D,8D,9D,10D,11D,12D,13D. The Morgan fingerprint density at radius 3 is 1.81 bits per heavy atom. The lowest BCUT2D eigenvalue weighted by atomic mass is 9.86. The molecule has 2 heteroatoms. The molecule has 0 unspecified atom stereocenters. The van der Waals surface area contributed by atoms with Gasteiger partial charge in [0.25, 0.3) is 0 Å². The molecule has 2 nitrogen and oxygen atoms in total. The predicted molar refractivity (Wildman–Crippen MR) is 149 cm³/mol. The molecule has 168 valence electrons. The zero-order valence-electron chi connectivity index (χ0n) is 31.4. The molecule has 8 rings (SSSR count). The second-order valence-corrected chi connectivity index (χ2v) is 8.34. The number of furan rings is 2. The maximum atomic E-state index is 9.10. The molecule has 8 aromatic rings. The van der Waals surface area contributed by atoms with Crippen LogP contribution in [0.1, 0.15) is 17.8 Å². The van der Waals surface area contributed by atoms with Crippen LogP contribution >= 0.6 is 0 Å². The Bertz CT molecular complexity index is 2710. The number of fused-ring (bicyclic) bond motifs is 7. The Labute approximate surface area is 225 Å². The van der Waals surface area contributed by atoms with Crippen LogP contribution in [0, 0.1) is 0 Å². The lowest BCUT2D eigenvalue weighted by Crippen LogP contribution is -1.90. The summed E-state index contributed by atoms with van der Waals surface area (Å²) in [5.74, 6) is 0. The van der Waals surface area contributed by atoms with Crippen molar-refractivity contribution in [3.63, 3.8) is 0 Å². The zero-order chi connectivity index (χ0) is 35.0. The summed E-state index contributed by atoms with van der Waals surface area (Å²) in [6, 6.07) is 2.12. The van der Waals surface area contributed by atoms with Gasteiger partial charge < -0.3 is 8.83 Å². The predicted octanol–water partition coefficient (Wildman–Crippen LogP) is 9.97. The average molecular weight is 474 g/mol. The molecular formula is C34H20O2. The van der Waals surface area contributed by atoms with Crippen molar-refractivity contribution in [2.75, 3.05) is 0 Å². The van der Waals surface area contributed by atoms with Gasteiger partial charge in [0.05, 0.1) is 24.1 Å². The Morgan fingerprint density at radius 2 is 1.11 bits per heavy atom. The SMILES string of the molecule is [2H]c1c([2H])c([2H])c(-c2c3c([2H])c([2H])c([2H])c([2H])c3c(-c3ccc4c(c3)oc3c4ccc4ccoc43)c3c([2H])c([2H])c([2H])c([2H])c23)c([2H])c1[2H]. The van der Waals surface area contributed by atoms with E-state index in [4.69, 9.17) is 26.7 Å². The van der Waals surface area contributed by atoms with Gasteiger partial charge in [0, 0.05) is 16.2 Å². The summed E-state index contributed by atoms with van der Waals surface area (Å²) in [5, 5.41) is 1.42. The Balaban J connectivity index is 1.66. The molecule has 2 heterocycles. The fourth-order valence-corrected chi connectivity index (χ4v) is 4.95. The molecular weight excluding hydrogens is 440 g/mol. The molecule has 36 heavy (non-hydrogen) atoms. The molecule has 0 saturated carbocycles. The van der Waals surface area contributed by atoms with Crippen molar-refractivity contribution >= 4 is 54.5 Å². The van der Waals surface area contributed by atoms with Crippen LogP contribution in [0.2, 0.25) is 0 Å². The highest BCUT2D eigenvalue weighted by Crippen LogP contribution is 2.44. The summed E-state index contributed by atoms with van der Waals surface area (Å²) in [6.07, 6.45) is 1.54. The minimum atomic E-state index is -0.718. The first-order chi connectivity index (χ1) is 23.3. The maximum absolute atomic E-state index is 9.10. The van der Waals surface area contributed by atoms with E-state index in [1.54, 1.807) is 30.5 Å². The first kappa shape index (κ1) is 10.8. The topological polar surface area (TPSA) is 26.3 Å². The molecule has 0 saturated heterocycles. The lowest BCUT2D eigenvalue weighted by molar-refractivity contribution is 0.600. The zero-order valence-corrected chi connectivity index (χ0v) is 18.4. The third kappa shape index (κ3) is 2.67. The van der Waals surface area contributed by atoms with Gasteiger partial charge in [-0.25, -0.2) is 0 Å². The average Bonchev–Trinajstić information content (AvgIpc) is 3.73. The largest absolute Gasteiger partial charge is 0.460 e. The van der Waals surface area contributed by atoms with Crippen molar-refractivity contribution in [2.24, 2.45) is 0 Å². The summed E-state index contributed by atoms with van der Waals surface area (Å²) in [4.78, 5) is 0. The molecule has 0 radical (unpaired) electrons. The molecule has 0 fully saturated rings. The summed E-state index contributed by atoms with van der Waals surface area (Å²) in [6.45, 7) is 0. The number of benzene rings is 6.